The Balaban J connectivity index is 2.06. The third-order valence-corrected chi connectivity index (χ3v) is 5.20. The largest absolute Gasteiger partial charge is 0.490 e. The second kappa shape index (κ2) is 9.62. The quantitative estimate of drug-likeness (QED) is 0.584. The number of benzene rings is 1. The van der Waals surface area contributed by atoms with Gasteiger partial charge in [0, 0.05) is 0 Å². The zero-order valence-corrected chi connectivity index (χ0v) is 17.8. The molecule has 0 aromatic heterocycles. The lowest BCUT2D eigenvalue weighted by atomic mass is 9.93. The Bertz CT molecular complexity index is 761. The first kappa shape index (κ1) is 22.5. The van der Waals surface area contributed by atoms with Gasteiger partial charge in [0.05, 0.1) is 19.3 Å². The lowest BCUT2D eigenvalue weighted by Gasteiger charge is -2.23. The van der Waals surface area contributed by atoms with Gasteiger partial charge in [0.25, 0.3) is 5.91 Å². The lowest BCUT2D eigenvalue weighted by molar-refractivity contribution is -0.135. The van der Waals surface area contributed by atoms with E-state index in [1.165, 1.54) is 0 Å². The molecule has 1 fully saturated rings. The molecule has 29 heavy (non-hydrogen) atoms. The molecule has 1 aliphatic heterocycles. The van der Waals surface area contributed by atoms with Crippen LogP contribution in [0.5, 0.6) is 11.5 Å². The molecular formula is C21H31N3O5. The number of nitrogens with one attached hydrogen (secondary N) is 2. The van der Waals surface area contributed by atoms with Crippen molar-refractivity contribution in [2.24, 2.45) is 0 Å². The van der Waals surface area contributed by atoms with Gasteiger partial charge < -0.3 is 20.1 Å². The third-order valence-electron chi connectivity index (χ3n) is 5.20. The van der Waals surface area contributed by atoms with E-state index in [0.717, 1.165) is 10.5 Å². The highest BCUT2D eigenvalue weighted by Gasteiger charge is 2.49. The molecular weight excluding hydrogens is 374 g/mol. The monoisotopic (exact) mass is 405 g/mol. The first-order valence-electron chi connectivity index (χ1n) is 10.1. The van der Waals surface area contributed by atoms with Crippen molar-refractivity contribution in [3.8, 4) is 11.5 Å². The molecule has 1 atom stereocenters. The Morgan fingerprint density at radius 3 is 2.28 bits per heavy atom. The zero-order valence-electron chi connectivity index (χ0n) is 17.8. The van der Waals surface area contributed by atoms with Crippen LogP contribution in [-0.4, -0.2) is 48.0 Å². The Kier molecular flexibility index (Phi) is 7.47. The molecule has 0 spiro atoms. The van der Waals surface area contributed by atoms with Crippen LogP contribution in [0.25, 0.3) is 0 Å². The molecule has 8 nitrogen and oxygen atoms in total. The molecule has 1 aromatic rings. The Labute approximate surface area is 171 Å². The highest BCUT2D eigenvalue weighted by Crippen LogP contribution is 2.31. The van der Waals surface area contributed by atoms with E-state index in [9.17, 15) is 14.4 Å². The maximum Gasteiger partial charge on any atom is 0.325 e. The summed E-state index contributed by atoms with van der Waals surface area (Å²) in [6.07, 6.45) is 0.962. The van der Waals surface area contributed by atoms with Crippen LogP contribution in [0.4, 0.5) is 4.79 Å². The number of ether oxygens (including phenoxy) is 2. The second-order valence-electron chi connectivity index (χ2n) is 6.97. The molecule has 0 radical (unpaired) electrons. The van der Waals surface area contributed by atoms with Crippen LogP contribution in [0.2, 0.25) is 0 Å². The maximum atomic E-state index is 12.6. The van der Waals surface area contributed by atoms with Crippen LogP contribution in [0.15, 0.2) is 18.2 Å². The van der Waals surface area contributed by atoms with Crippen molar-refractivity contribution in [1.29, 1.82) is 0 Å². The number of imide groups is 1. The summed E-state index contributed by atoms with van der Waals surface area (Å²) in [4.78, 5) is 38.3. The fourth-order valence-corrected chi connectivity index (χ4v) is 3.40. The SMILES string of the molecule is CCOc1ccc(C(C)NC(=O)CN2C(=O)NC(CC)(CC)C2=O)cc1OCC. The topological polar surface area (TPSA) is 97.0 Å². The van der Waals surface area contributed by atoms with E-state index in [2.05, 4.69) is 10.6 Å². The van der Waals surface area contributed by atoms with E-state index >= 15 is 0 Å². The minimum absolute atomic E-state index is 0.313. The van der Waals surface area contributed by atoms with E-state index in [1.807, 2.05) is 46.8 Å². The van der Waals surface area contributed by atoms with Gasteiger partial charge in [-0.2, -0.15) is 0 Å². The molecule has 0 bridgehead atoms. The van der Waals surface area contributed by atoms with Gasteiger partial charge in [-0.1, -0.05) is 19.9 Å². The number of amides is 4. The standard InChI is InChI=1S/C21H31N3O5/c1-6-21(7-2)19(26)24(20(27)23-21)13-18(25)22-14(5)15-10-11-16(28-8-3)17(12-15)29-9-4/h10-12,14H,6-9,13H2,1-5H3,(H,22,25)(H,23,27). The van der Waals surface area contributed by atoms with Crippen molar-refractivity contribution in [2.45, 2.75) is 59.0 Å². The molecule has 0 saturated carbocycles. The van der Waals surface area contributed by atoms with Crippen molar-refractivity contribution in [3.05, 3.63) is 23.8 Å². The van der Waals surface area contributed by atoms with Gasteiger partial charge in [0.1, 0.15) is 12.1 Å². The predicted octanol–water partition coefficient (Wildman–Crippen LogP) is 2.77. The summed E-state index contributed by atoms with van der Waals surface area (Å²) in [5, 5.41) is 5.56. The van der Waals surface area contributed by atoms with E-state index in [-0.39, 0.29) is 18.5 Å². The summed E-state index contributed by atoms with van der Waals surface area (Å²) in [5.74, 6) is 0.495. The van der Waals surface area contributed by atoms with Gasteiger partial charge in [0.15, 0.2) is 11.5 Å². The smallest absolute Gasteiger partial charge is 0.325 e. The van der Waals surface area contributed by atoms with Gasteiger partial charge in [-0.15, -0.1) is 0 Å². The average molecular weight is 405 g/mol. The zero-order chi connectivity index (χ0) is 21.6. The molecule has 1 heterocycles. The Morgan fingerprint density at radius 1 is 1.10 bits per heavy atom. The number of hydrogen-bond acceptors (Lipinski definition) is 5. The summed E-state index contributed by atoms with van der Waals surface area (Å²) in [5.41, 5.74) is -0.0799. The van der Waals surface area contributed by atoms with E-state index < -0.39 is 17.5 Å². The Hall–Kier alpha value is -2.77. The van der Waals surface area contributed by atoms with Gasteiger partial charge in [-0.3, -0.25) is 14.5 Å². The van der Waals surface area contributed by atoms with E-state index in [4.69, 9.17) is 9.47 Å². The van der Waals surface area contributed by atoms with E-state index in [1.54, 1.807) is 6.07 Å². The molecule has 2 rings (SSSR count). The number of nitrogens with zero attached hydrogens (tertiary/aromatic N) is 1. The van der Waals surface area contributed by atoms with Crippen LogP contribution in [0, 0.1) is 0 Å². The summed E-state index contributed by atoms with van der Waals surface area (Å²) in [6.45, 7) is 10.0. The summed E-state index contributed by atoms with van der Waals surface area (Å²) < 4.78 is 11.2. The van der Waals surface area contributed by atoms with Crippen LogP contribution in [0.3, 0.4) is 0 Å². The molecule has 1 unspecified atom stereocenters. The van der Waals surface area contributed by atoms with Crippen LogP contribution < -0.4 is 20.1 Å². The average Bonchev–Trinajstić information content (AvgIpc) is 2.94. The highest BCUT2D eigenvalue weighted by molar-refractivity contribution is 6.09. The molecule has 0 aliphatic carbocycles. The second-order valence-corrected chi connectivity index (χ2v) is 6.97. The molecule has 1 saturated heterocycles. The van der Waals surface area contributed by atoms with Crippen molar-refractivity contribution < 1.29 is 23.9 Å². The van der Waals surface area contributed by atoms with E-state index in [0.29, 0.717) is 37.6 Å². The van der Waals surface area contributed by atoms with Crippen molar-refractivity contribution in [3.63, 3.8) is 0 Å². The summed E-state index contributed by atoms with van der Waals surface area (Å²) in [6, 6.07) is 4.62. The number of carbonyl (C=O) groups is 3. The predicted molar refractivity (Wildman–Crippen MR) is 109 cm³/mol. The van der Waals surface area contributed by atoms with Crippen molar-refractivity contribution in [2.75, 3.05) is 19.8 Å². The Morgan fingerprint density at radius 2 is 1.72 bits per heavy atom. The van der Waals surface area contributed by atoms with Gasteiger partial charge in [-0.05, 0) is 51.3 Å². The molecule has 160 valence electrons. The fraction of sp³-hybridized carbons (Fsp3) is 0.571. The lowest BCUT2D eigenvalue weighted by Crippen LogP contribution is -2.46. The van der Waals surface area contributed by atoms with Crippen LogP contribution in [-0.2, 0) is 9.59 Å². The first-order valence-corrected chi connectivity index (χ1v) is 10.1. The van der Waals surface area contributed by atoms with Crippen molar-refractivity contribution >= 4 is 17.8 Å². The first-order chi connectivity index (χ1) is 13.8. The number of rotatable bonds is 10. The maximum absolute atomic E-state index is 12.6. The normalized spacial score (nSPS) is 16.4. The van der Waals surface area contributed by atoms with Crippen molar-refractivity contribution in [1.82, 2.24) is 15.5 Å². The minimum atomic E-state index is -0.912. The fourth-order valence-electron chi connectivity index (χ4n) is 3.40. The molecule has 2 N–H and O–H groups in total. The number of carbonyl (C=O) groups excluding carboxylic acids is 3. The molecule has 1 aliphatic rings. The third kappa shape index (κ3) is 4.81. The number of urea groups is 1. The van der Waals surface area contributed by atoms with Crippen LogP contribution in [0.1, 0.15) is 59.1 Å². The minimum Gasteiger partial charge on any atom is -0.490 e. The van der Waals surface area contributed by atoms with Crippen LogP contribution >= 0.6 is 0 Å². The highest BCUT2D eigenvalue weighted by atomic mass is 16.5. The molecule has 1 aromatic carbocycles. The molecule has 8 heteroatoms. The molecule has 4 amide bonds. The summed E-state index contributed by atoms with van der Waals surface area (Å²) >= 11 is 0. The van der Waals surface area contributed by atoms with Gasteiger partial charge in [-0.25, -0.2) is 4.79 Å². The van der Waals surface area contributed by atoms with Gasteiger partial charge in [0.2, 0.25) is 5.91 Å². The van der Waals surface area contributed by atoms with Gasteiger partial charge >= 0.3 is 6.03 Å². The number of hydrogen-bond donors (Lipinski definition) is 2. The summed E-state index contributed by atoms with van der Waals surface area (Å²) in [7, 11) is 0.